The molecule has 1 aliphatic rings. The lowest BCUT2D eigenvalue weighted by atomic mass is 10.1. The van der Waals surface area contributed by atoms with Gasteiger partial charge in [-0.2, -0.15) is 4.31 Å². The van der Waals surface area contributed by atoms with E-state index in [0.29, 0.717) is 27.5 Å². The van der Waals surface area contributed by atoms with Crippen LogP contribution in [-0.2, 0) is 10.0 Å². The van der Waals surface area contributed by atoms with E-state index in [2.05, 4.69) is 10.3 Å². The van der Waals surface area contributed by atoms with Crippen molar-refractivity contribution in [3.63, 3.8) is 0 Å². The Balaban J connectivity index is 1.51. The van der Waals surface area contributed by atoms with Crippen molar-refractivity contribution in [1.82, 2.24) is 9.29 Å². The first-order valence-electron chi connectivity index (χ1n) is 9.34. The molecular weight excluding hydrogens is 413 g/mol. The maximum absolute atomic E-state index is 13.3. The standard InChI is InChI=1S/C20H20FN3O3S2/c1-13-4-2-3-11-24(13)29(26,27)16-8-5-14(6-9-16)19(25)23-20-22-17-10-7-15(21)12-18(17)28-20/h5-10,12-13H,2-4,11H2,1H3,(H,22,23,25). The molecule has 4 rings (SSSR count). The molecule has 1 atom stereocenters. The highest BCUT2D eigenvalue weighted by Gasteiger charge is 2.30. The normalized spacial score (nSPS) is 18.1. The molecule has 1 N–H and O–H groups in total. The molecule has 1 saturated heterocycles. The van der Waals surface area contributed by atoms with Gasteiger partial charge in [-0.3, -0.25) is 10.1 Å². The summed E-state index contributed by atoms with van der Waals surface area (Å²) in [6, 6.07) is 10.1. The van der Waals surface area contributed by atoms with Crippen LogP contribution < -0.4 is 5.32 Å². The minimum atomic E-state index is -3.58. The average molecular weight is 434 g/mol. The first-order chi connectivity index (χ1) is 13.8. The van der Waals surface area contributed by atoms with Crippen LogP contribution in [0.2, 0.25) is 0 Å². The van der Waals surface area contributed by atoms with Crippen LogP contribution in [0.1, 0.15) is 36.5 Å². The summed E-state index contributed by atoms with van der Waals surface area (Å²) in [5.41, 5.74) is 0.921. The number of nitrogens with one attached hydrogen (secondary N) is 1. The smallest absolute Gasteiger partial charge is 0.257 e. The van der Waals surface area contributed by atoms with Crippen molar-refractivity contribution in [3.05, 3.63) is 53.8 Å². The molecular formula is C20H20FN3O3S2. The number of fused-ring (bicyclic) bond motifs is 1. The van der Waals surface area contributed by atoms with E-state index >= 15 is 0 Å². The van der Waals surface area contributed by atoms with E-state index in [4.69, 9.17) is 0 Å². The fourth-order valence-corrected chi connectivity index (χ4v) is 6.05. The van der Waals surface area contributed by atoms with E-state index in [9.17, 15) is 17.6 Å². The molecule has 0 bridgehead atoms. The lowest BCUT2D eigenvalue weighted by Gasteiger charge is -2.32. The Bertz CT molecular complexity index is 1160. The molecule has 0 aliphatic carbocycles. The number of rotatable bonds is 4. The summed E-state index contributed by atoms with van der Waals surface area (Å²) in [6.45, 7) is 2.44. The molecule has 0 spiro atoms. The number of halogens is 1. The number of sulfonamides is 1. The number of thiazole rings is 1. The molecule has 1 unspecified atom stereocenters. The van der Waals surface area contributed by atoms with Gasteiger partial charge in [0, 0.05) is 18.2 Å². The van der Waals surface area contributed by atoms with Crippen molar-refractivity contribution in [3.8, 4) is 0 Å². The molecule has 3 aromatic rings. The molecule has 1 aromatic heterocycles. The Morgan fingerprint density at radius 1 is 1.21 bits per heavy atom. The predicted molar refractivity (Wildman–Crippen MR) is 111 cm³/mol. The zero-order valence-electron chi connectivity index (χ0n) is 15.8. The second kappa shape index (κ2) is 7.81. The Labute approximate surface area is 172 Å². The van der Waals surface area contributed by atoms with Crippen molar-refractivity contribution in [1.29, 1.82) is 0 Å². The van der Waals surface area contributed by atoms with Gasteiger partial charge in [-0.1, -0.05) is 17.8 Å². The number of aromatic nitrogens is 1. The molecule has 2 aromatic carbocycles. The van der Waals surface area contributed by atoms with Gasteiger partial charge in [0.2, 0.25) is 10.0 Å². The average Bonchev–Trinajstić information content (AvgIpc) is 3.09. The zero-order valence-corrected chi connectivity index (χ0v) is 17.4. The van der Waals surface area contributed by atoms with E-state index in [1.807, 2.05) is 6.92 Å². The Kier molecular flexibility index (Phi) is 5.37. The summed E-state index contributed by atoms with van der Waals surface area (Å²) in [5.74, 6) is -0.765. The van der Waals surface area contributed by atoms with E-state index in [1.54, 1.807) is 6.07 Å². The summed E-state index contributed by atoms with van der Waals surface area (Å²) >= 11 is 1.18. The van der Waals surface area contributed by atoms with Gasteiger partial charge < -0.3 is 0 Å². The van der Waals surface area contributed by atoms with Gasteiger partial charge in [0.05, 0.1) is 15.1 Å². The number of carbonyl (C=O) groups is 1. The van der Waals surface area contributed by atoms with Crippen molar-refractivity contribution in [2.75, 3.05) is 11.9 Å². The Hall–Kier alpha value is -2.36. The lowest BCUT2D eigenvalue weighted by Crippen LogP contribution is -2.41. The van der Waals surface area contributed by atoms with Crippen molar-refractivity contribution >= 4 is 42.6 Å². The maximum Gasteiger partial charge on any atom is 0.257 e. The van der Waals surface area contributed by atoms with E-state index in [1.165, 1.54) is 52.0 Å². The van der Waals surface area contributed by atoms with E-state index < -0.39 is 15.9 Å². The molecule has 9 heteroatoms. The fourth-order valence-electron chi connectivity index (χ4n) is 3.46. The van der Waals surface area contributed by atoms with E-state index in [-0.39, 0.29) is 16.8 Å². The largest absolute Gasteiger partial charge is 0.298 e. The maximum atomic E-state index is 13.3. The van der Waals surface area contributed by atoms with Crippen LogP contribution in [-0.4, -0.2) is 36.2 Å². The number of benzene rings is 2. The predicted octanol–water partition coefficient (Wildman–Crippen LogP) is 4.25. The monoisotopic (exact) mass is 433 g/mol. The van der Waals surface area contributed by atoms with Crippen LogP contribution >= 0.6 is 11.3 Å². The first kappa shape index (κ1) is 19.9. The summed E-state index contributed by atoms with van der Waals surface area (Å²) in [7, 11) is -3.58. The summed E-state index contributed by atoms with van der Waals surface area (Å²) in [6.07, 6.45) is 2.74. The summed E-state index contributed by atoms with van der Waals surface area (Å²) in [4.78, 5) is 16.9. The fraction of sp³-hybridized carbons (Fsp3) is 0.300. The number of anilines is 1. The number of hydrogen-bond donors (Lipinski definition) is 1. The molecule has 1 amide bonds. The first-order valence-corrected chi connectivity index (χ1v) is 11.6. The Morgan fingerprint density at radius 3 is 2.69 bits per heavy atom. The van der Waals surface area contributed by atoms with Gasteiger partial charge in [0.25, 0.3) is 5.91 Å². The van der Waals surface area contributed by atoms with E-state index in [0.717, 1.165) is 19.3 Å². The van der Waals surface area contributed by atoms with Crippen molar-refractivity contribution in [2.45, 2.75) is 37.1 Å². The van der Waals surface area contributed by atoms with Crippen LogP contribution in [0.25, 0.3) is 10.2 Å². The molecule has 0 radical (unpaired) electrons. The van der Waals surface area contributed by atoms with Crippen LogP contribution in [0.3, 0.4) is 0 Å². The SMILES string of the molecule is CC1CCCCN1S(=O)(=O)c1ccc(C(=O)Nc2nc3ccc(F)cc3s2)cc1. The second-order valence-corrected chi connectivity index (χ2v) is 9.99. The van der Waals surface area contributed by atoms with Gasteiger partial charge in [-0.15, -0.1) is 0 Å². The third kappa shape index (κ3) is 4.03. The van der Waals surface area contributed by atoms with Gasteiger partial charge in [0.1, 0.15) is 5.82 Å². The highest BCUT2D eigenvalue weighted by atomic mass is 32.2. The lowest BCUT2D eigenvalue weighted by molar-refractivity contribution is 0.102. The number of nitrogens with zero attached hydrogens (tertiary/aromatic N) is 2. The Morgan fingerprint density at radius 2 is 1.97 bits per heavy atom. The highest BCUT2D eigenvalue weighted by molar-refractivity contribution is 7.89. The van der Waals surface area contributed by atoms with Crippen LogP contribution in [0.4, 0.5) is 9.52 Å². The number of piperidine rings is 1. The van der Waals surface area contributed by atoms with Gasteiger partial charge in [0.15, 0.2) is 5.13 Å². The minimum absolute atomic E-state index is 0.0272. The topological polar surface area (TPSA) is 79.4 Å². The summed E-state index contributed by atoms with van der Waals surface area (Å²) < 4.78 is 41.2. The molecule has 1 aliphatic heterocycles. The number of amides is 1. The summed E-state index contributed by atoms with van der Waals surface area (Å²) in [5, 5.41) is 3.04. The van der Waals surface area contributed by atoms with Gasteiger partial charge >= 0.3 is 0 Å². The number of hydrogen-bond acceptors (Lipinski definition) is 5. The van der Waals surface area contributed by atoms with Crippen LogP contribution in [0, 0.1) is 5.82 Å². The van der Waals surface area contributed by atoms with Crippen molar-refractivity contribution < 1.29 is 17.6 Å². The molecule has 152 valence electrons. The number of carbonyl (C=O) groups excluding carboxylic acids is 1. The minimum Gasteiger partial charge on any atom is -0.298 e. The van der Waals surface area contributed by atoms with Crippen LogP contribution in [0.15, 0.2) is 47.4 Å². The second-order valence-electron chi connectivity index (χ2n) is 7.07. The third-order valence-corrected chi connectivity index (χ3v) is 8.00. The quantitative estimate of drug-likeness (QED) is 0.667. The molecule has 2 heterocycles. The van der Waals surface area contributed by atoms with Gasteiger partial charge in [-0.05, 0) is 62.2 Å². The van der Waals surface area contributed by atoms with Crippen LogP contribution in [0.5, 0.6) is 0 Å². The zero-order chi connectivity index (χ0) is 20.6. The molecule has 6 nitrogen and oxygen atoms in total. The van der Waals surface area contributed by atoms with Gasteiger partial charge in [-0.25, -0.2) is 17.8 Å². The molecule has 29 heavy (non-hydrogen) atoms. The molecule has 1 fully saturated rings. The third-order valence-electron chi connectivity index (χ3n) is 5.04. The molecule has 0 saturated carbocycles. The van der Waals surface area contributed by atoms with Crippen molar-refractivity contribution in [2.24, 2.45) is 0 Å². The highest BCUT2D eigenvalue weighted by Crippen LogP contribution is 2.28.